The van der Waals surface area contributed by atoms with E-state index in [0.717, 1.165) is 17.6 Å². The zero-order chi connectivity index (χ0) is 21.3. The van der Waals surface area contributed by atoms with Gasteiger partial charge in [0, 0.05) is 26.5 Å². The molecule has 2 heteroatoms. The highest BCUT2D eigenvalue weighted by Crippen LogP contribution is 2.25. The molecule has 1 unspecified atom stereocenters. The average molecular weight is 382 g/mol. The van der Waals surface area contributed by atoms with Gasteiger partial charge in [0.1, 0.15) is 0 Å². The highest BCUT2D eigenvalue weighted by molar-refractivity contribution is 6.07. The minimum absolute atomic E-state index is 0. The van der Waals surface area contributed by atoms with Crippen molar-refractivity contribution in [3.8, 4) is 0 Å². The number of carbonyl (C=O) groups excluding carboxylic acids is 1. The second kappa shape index (κ2) is 11.4. The van der Waals surface area contributed by atoms with Crippen molar-refractivity contribution in [2.24, 2.45) is 5.92 Å². The van der Waals surface area contributed by atoms with Crippen LogP contribution in [0.4, 0.5) is 0 Å². The number of Topliss-reactive ketones (excluding diaryl/α,β-unsaturated/α-hetero) is 1. The first-order valence-corrected chi connectivity index (χ1v) is 10.2. The van der Waals surface area contributed by atoms with Gasteiger partial charge in [0.05, 0.1) is 0 Å². The van der Waals surface area contributed by atoms with E-state index in [1.54, 1.807) is 6.08 Å². The summed E-state index contributed by atoms with van der Waals surface area (Å²) in [6.07, 6.45) is 7.86. The van der Waals surface area contributed by atoms with Gasteiger partial charge < -0.3 is 5.41 Å². The summed E-state index contributed by atoms with van der Waals surface area (Å²) in [7, 11) is 0. The van der Waals surface area contributed by atoms with E-state index < -0.39 is 0 Å². The molecule has 0 aromatic heterocycles. The quantitative estimate of drug-likeness (QED) is 0.297. The minimum atomic E-state index is 0. The number of aryl methyl sites for hydroxylation is 2. The van der Waals surface area contributed by atoms with Gasteiger partial charge in [-0.3, -0.25) is 4.79 Å². The second-order valence-corrected chi connectivity index (χ2v) is 7.34. The van der Waals surface area contributed by atoms with E-state index >= 15 is 0 Å². The van der Waals surface area contributed by atoms with E-state index in [1.807, 2.05) is 20.8 Å². The van der Waals surface area contributed by atoms with Gasteiger partial charge >= 0.3 is 0 Å². The summed E-state index contributed by atoms with van der Waals surface area (Å²) < 4.78 is 0. The van der Waals surface area contributed by atoms with E-state index in [9.17, 15) is 4.79 Å². The molecule has 0 radical (unpaired) electrons. The summed E-state index contributed by atoms with van der Waals surface area (Å²) in [5.41, 5.74) is 6.74. The molecule has 2 rings (SSSR count). The maximum absolute atomic E-state index is 12.7. The van der Waals surface area contributed by atoms with Gasteiger partial charge in [0.2, 0.25) is 0 Å². The van der Waals surface area contributed by atoms with Crippen LogP contribution < -0.4 is 0 Å². The van der Waals surface area contributed by atoms with E-state index in [4.69, 9.17) is 5.41 Å². The fraction of sp³-hybridized carbons (Fsp3) is 0.385. The molecule has 0 spiro atoms. The van der Waals surface area contributed by atoms with Crippen LogP contribution in [0.2, 0.25) is 0 Å². The molecule has 0 bridgehead atoms. The number of benzene rings is 1. The van der Waals surface area contributed by atoms with Gasteiger partial charge in [-0.05, 0) is 57.7 Å². The third kappa shape index (κ3) is 6.92. The van der Waals surface area contributed by atoms with Gasteiger partial charge in [-0.25, -0.2) is 0 Å². The van der Waals surface area contributed by atoms with Crippen molar-refractivity contribution in [3.05, 3.63) is 82.5 Å². The fourth-order valence-corrected chi connectivity index (χ4v) is 3.03. The van der Waals surface area contributed by atoms with Crippen LogP contribution in [0, 0.1) is 18.3 Å². The van der Waals surface area contributed by atoms with Crippen molar-refractivity contribution < 1.29 is 7.65 Å². The van der Waals surface area contributed by atoms with Crippen molar-refractivity contribution in [3.63, 3.8) is 0 Å². The zero-order valence-electron chi connectivity index (χ0n) is 18.4. The van der Waals surface area contributed by atoms with Crippen LogP contribution in [0.5, 0.6) is 0 Å². The highest BCUT2D eigenvalue weighted by atomic mass is 16.1. The first kappa shape index (κ1) is 23.6. The molecule has 1 aliphatic carbocycles. The molecule has 1 atom stereocenters. The Hall–Kier alpha value is -2.48. The van der Waals surface area contributed by atoms with Gasteiger partial charge in [0.15, 0.2) is 5.78 Å². The normalized spacial score (nSPS) is 16.4. The van der Waals surface area contributed by atoms with Crippen molar-refractivity contribution >= 4 is 11.5 Å². The van der Waals surface area contributed by atoms with Crippen LogP contribution >= 0.6 is 0 Å². The summed E-state index contributed by atoms with van der Waals surface area (Å²) in [5.74, 6) is 0.101. The predicted octanol–water partition coefficient (Wildman–Crippen LogP) is 7.45. The molecule has 1 aromatic carbocycles. The van der Waals surface area contributed by atoms with Crippen LogP contribution in [0.25, 0.3) is 0 Å². The van der Waals surface area contributed by atoms with Crippen molar-refractivity contribution in [1.82, 2.24) is 0 Å². The monoisotopic (exact) mass is 381 g/mol. The van der Waals surface area contributed by atoms with Crippen LogP contribution in [-0.4, -0.2) is 11.5 Å². The Kier molecular flexibility index (Phi) is 9.58. The Morgan fingerprint density at radius 3 is 2.36 bits per heavy atom. The number of nitrogens with one attached hydrogen (secondary N) is 1. The van der Waals surface area contributed by atoms with E-state index in [1.165, 1.54) is 16.7 Å². The molecular formula is C26H39NO. The third-order valence-corrected chi connectivity index (χ3v) is 5.00. The maximum atomic E-state index is 12.7. The lowest BCUT2D eigenvalue weighted by atomic mass is 9.86. The SMILES string of the molecule is C=C(C)/C(=C\C(=N)C1C=CC(C)=C(C)C1)C(=O)CCc1ccc(C)cc1.CC.[HH].[HH]. The molecule has 2 nitrogen and oxygen atoms in total. The first-order chi connectivity index (χ1) is 13.3. The van der Waals surface area contributed by atoms with Crippen LogP contribution in [0.3, 0.4) is 0 Å². The number of ketones is 1. The Labute approximate surface area is 174 Å². The largest absolute Gasteiger partial charge is 0.305 e. The van der Waals surface area contributed by atoms with Gasteiger partial charge in [-0.2, -0.15) is 0 Å². The molecule has 1 aromatic rings. The lowest BCUT2D eigenvalue weighted by Gasteiger charge is -2.19. The molecule has 154 valence electrons. The molecule has 0 amide bonds. The number of hydrogen-bond donors (Lipinski definition) is 1. The Bertz CT molecular complexity index is 814. The molecule has 0 fully saturated rings. The van der Waals surface area contributed by atoms with Gasteiger partial charge in [-0.15, -0.1) is 0 Å². The highest BCUT2D eigenvalue weighted by Gasteiger charge is 2.18. The molecule has 0 saturated heterocycles. The van der Waals surface area contributed by atoms with Gasteiger partial charge in [0.25, 0.3) is 0 Å². The molecular weight excluding hydrogens is 342 g/mol. The minimum Gasteiger partial charge on any atom is -0.305 e. The Morgan fingerprint density at radius 2 is 1.82 bits per heavy atom. The Morgan fingerprint density at radius 1 is 1.21 bits per heavy atom. The molecule has 1 aliphatic rings. The topological polar surface area (TPSA) is 40.9 Å². The van der Waals surface area contributed by atoms with Crippen LogP contribution in [0.15, 0.2) is 71.4 Å². The average Bonchev–Trinajstić information content (AvgIpc) is 2.68. The van der Waals surface area contributed by atoms with E-state index in [0.29, 0.717) is 24.1 Å². The van der Waals surface area contributed by atoms with Crippen LogP contribution in [-0.2, 0) is 11.2 Å². The number of rotatable bonds is 7. The second-order valence-electron chi connectivity index (χ2n) is 7.34. The number of hydrogen-bond acceptors (Lipinski definition) is 2. The molecule has 28 heavy (non-hydrogen) atoms. The Balaban J connectivity index is 0. The summed E-state index contributed by atoms with van der Waals surface area (Å²) in [6, 6.07) is 8.27. The summed E-state index contributed by atoms with van der Waals surface area (Å²) in [5, 5.41) is 8.43. The summed E-state index contributed by atoms with van der Waals surface area (Å²) in [4.78, 5) is 12.7. The van der Waals surface area contributed by atoms with Crippen molar-refractivity contribution in [1.29, 1.82) is 5.41 Å². The van der Waals surface area contributed by atoms with Crippen LogP contribution in [0.1, 0.15) is 61.4 Å². The predicted molar refractivity (Wildman–Crippen MR) is 126 cm³/mol. The van der Waals surface area contributed by atoms with Crippen molar-refractivity contribution in [2.45, 2.75) is 60.8 Å². The molecule has 0 aliphatic heterocycles. The number of allylic oxidation sites excluding steroid dienone is 7. The summed E-state index contributed by atoms with van der Waals surface area (Å²) >= 11 is 0. The molecule has 1 N–H and O–H groups in total. The lowest BCUT2D eigenvalue weighted by molar-refractivity contribution is -0.115. The maximum Gasteiger partial charge on any atom is 0.163 e. The zero-order valence-corrected chi connectivity index (χ0v) is 18.4. The standard InChI is InChI=1S/C24H29NO.C2H6.2H2/c1-16(2)22(15-23(25)21-12-8-18(4)19(5)14-21)24(26)13-11-20-9-6-17(3)7-10-20;1-2;;/h6-10,12,15,21,25H,1,11,13-14H2,2-5H3;1-2H3;2*1H/b22-15+,25-23?;;;. The number of carbonyl (C=O) groups is 1. The van der Waals surface area contributed by atoms with E-state index in [2.05, 4.69) is 63.8 Å². The summed E-state index contributed by atoms with van der Waals surface area (Å²) in [6.45, 7) is 16.1. The molecule has 0 saturated carbocycles. The van der Waals surface area contributed by atoms with Crippen molar-refractivity contribution in [2.75, 3.05) is 0 Å². The molecule has 0 heterocycles. The van der Waals surface area contributed by atoms with Gasteiger partial charge in [-0.1, -0.05) is 73.6 Å². The third-order valence-electron chi connectivity index (χ3n) is 5.00. The fourth-order valence-electron chi connectivity index (χ4n) is 3.03. The first-order valence-electron chi connectivity index (χ1n) is 10.2. The smallest absolute Gasteiger partial charge is 0.163 e. The van der Waals surface area contributed by atoms with E-state index in [-0.39, 0.29) is 14.6 Å². The lowest BCUT2D eigenvalue weighted by Crippen LogP contribution is -2.15.